The van der Waals surface area contributed by atoms with Crippen molar-refractivity contribution in [3.63, 3.8) is 0 Å². The summed E-state index contributed by atoms with van der Waals surface area (Å²) in [6.07, 6.45) is 2.88. The third kappa shape index (κ3) is 5.51. The van der Waals surface area contributed by atoms with E-state index in [0.29, 0.717) is 42.8 Å². The Morgan fingerprint density at radius 2 is 1.97 bits per heavy atom. The number of hydrogen-bond donors (Lipinski definition) is 2. The Labute approximate surface area is 212 Å². The van der Waals surface area contributed by atoms with Gasteiger partial charge in [0.1, 0.15) is 35.8 Å². The molecule has 1 aliphatic rings. The summed E-state index contributed by atoms with van der Waals surface area (Å²) in [5.41, 5.74) is 9.12. The molecule has 1 aliphatic heterocycles. The average Bonchev–Trinajstić information content (AvgIpc) is 3.24. The number of nitrogens with zero attached hydrogens (tertiary/aromatic N) is 5. The Hall–Kier alpha value is -3.07. The number of hydrogen-bond acceptors (Lipinski definition) is 6. The Balaban J connectivity index is 1.61. The fourth-order valence-electron chi connectivity index (χ4n) is 4.92. The molecule has 3 N–H and O–H groups in total. The molecular weight excluding hydrogens is 460 g/mol. The van der Waals surface area contributed by atoms with Gasteiger partial charge in [-0.3, -0.25) is 0 Å². The van der Waals surface area contributed by atoms with Crippen LogP contribution in [0.1, 0.15) is 62.9 Å². The number of alkyl halides is 1. The molecule has 36 heavy (non-hydrogen) atoms. The van der Waals surface area contributed by atoms with Crippen LogP contribution in [-0.2, 0) is 6.54 Å². The minimum atomic E-state index is -1.13. The number of benzene rings is 1. The largest absolute Gasteiger partial charge is 0.383 e. The molecule has 7 nitrogen and oxygen atoms in total. The Kier molecular flexibility index (Phi) is 7.88. The van der Waals surface area contributed by atoms with E-state index in [1.54, 1.807) is 19.1 Å². The molecule has 0 bridgehead atoms. The van der Waals surface area contributed by atoms with E-state index in [4.69, 9.17) is 10.7 Å². The molecule has 0 spiro atoms. The second kappa shape index (κ2) is 10.9. The molecule has 1 aromatic carbocycles. The Bertz CT molecular complexity index is 1190. The van der Waals surface area contributed by atoms with Gasteiger partial charge in [0.15, 0.2) is 0 Å². The van der Waals surface area contributed by atoms with Gasteiger partial charge in [-0.25, -0.2) is 23.7 Å². The van der Waals surface area contributed by atoms with E-state index in [1.165, 1.54) is 12.4 Å². The molecule has 0 saturated carbocycles. The predicted octanol–water partition coefficient (Wildman–Crippen LogP) is 4.82. The molecule has 2 unspecified atom stereocenters. The standard InChI is InChI=1S/C27H37F2N7/c1-16(2)24-25(30)32-15-33-27(24)35-10-8-20(22(29)13-35)26-34-23(14-36(26)11-9-31-17(3)4)19-6-7-21(28)18(5)12-19/h6-7,12,14-17,20,22,31H,8-11,13H2,1-5H3,(H2,30,32,33). The number of nitrogen functional groups attached to an aromatic ring is 1. The van der Waals surface area contributed by atoms with Gasteiger partial charge >= 0.3 is 0 Å². The highest BCUT2D eigenvalue weighted by Crippen LogP contribution is 2.36. The first kappa shape index (κ1) is 26.0. The van der Waals surface area contributed by atoms with Gasteiger partial charge in [-0.1, -0.05) is 27.7 Å². The van der Waals surface area contributed by atoms with Gasteiger partial charge in [-0.15, -0.1) is 0 Å². The van der Waals surface area contributed by atoms with Crippen LogP contribution in [0, 0.1) is 12.7 Å². The maximum Gasteiger partial charge on any atom is 0.137 e. The molecule has 1 saturated heterocycles. The lowest BCUT2D eigenvalue weighted by Gasteiger charge is -2.36. The molecule has 0 amide bonds. The molecule has 2 aromatic heterocycles. The van der Waals surface area contributed by atoms with E-state index in [1.807, 2.05) is 24.9 Å². The molecule has 194 valence electrons. The molecular formula is C27H37F2N7. The first-order valence-electron chi connectivity index (χ1n) is 12.7. The van der Waals surface area contributed by atoms with Crippen molar-refractivity contribution in [3.05, 3.63) is 53.5 Å². The topological polar surface area (TPSA) is 84.9 Å². The lowest BCUT2D eigenvalue weighted by atomic mass is 9.93. The highest BCUT2D eigenvalue weighted by molar-refractivity contribution is 5.60. The van der Waals surface area contributed by atoms with Gasteiger partial charge < -0.3 is 20.5 Å². The highest BCUT2D eigenvalue weighted by Gasteiger charge is 2.35. The number of imidazole rings is 1. The molecule has 1 fully saturated rings. The van der Waals surface area contributed by atoms with Crippen LogP contribution in [0.2, 0.25) is 0 Å². The van der Waals surface area contributed by atoms with Gasteiger partial charge in [0.25, 0.3) is 0 Å². The summed E-state index contributed by atoms with van der Waals surface area (Å²) in [6.45, 7) is 12.3. The van der Waals surface area contributed by atoms with E-state index in [0.717, 1.165) is 29.2 Å². The number of rotatable bonds is 8. The van der Waals surface area contributed by atoms with Crippen molar-refractivity contribution in [1.29, 1.82) is 0 Å². The molecule has 9 heteroatoms. The number of aryl methyl sites for hydroxylation is 1. The van der Waals surface area contributed by atoms with Gasteiger partial charge in [0, 0.05) is 43.0 Å². The van der Waals surface area contributed by atoms with Crippen LogP contribution >= 0.6 is 0 Å². The lowest BCUT2D eigenvalue weighted by Crippen LogP contribution is -2.42. The summed E-state index contributed by atoms with van der Waals surface area (Å²) in [6, 6.07) is 5.33. The molecule has 2 atom stereocenters. The minimum absolute atomic E-state index is 0.131. The van der Waals surface area contributed by atoms with Crippen molar-refractivity contribution in [2.45, 2.75) is 71.6 Å². The van der Waals surface area contributed by atoms with Crippen molar-refractivity contribution >= 4 is 11.6 Å². The third-order valence-corrected chi connectivity index (χ3v) is 6.81. The van der Waals surface area contributed by atoms with Gasteiger partial charge in [0.2, 0.25) is 0 Å². The van der Waals surface area contributed by atoms with Gasteiger partial charge in [-0.2, -0.15) is 0 Å². The summed E-state index contributed by atoms with van der Waals surface area (Å²) >= 11 is 0. The van der Waals surface area contributed by atoms with Crippen molar-refractivity contribution in [2.75, 3.05) is 30.3 Å². The molecule has 3 heterocycles. The Morgan fingerprint density at radius 1 is 1.19 bits per heavy atom. The number of nitrogens with one attached hydrogen (secondary N) is 1. The quantitative estimate of drug-likeness (QED) is 0.464. The number of halogens is 2. The fraction of sp³-hybridized carbons (Fsp3) is 0.519. The van der Waals surface area contributed by atoms with Gasteiger partial charge in [0.05, 0.1) is 18.2 Å². The minimum Gasteiger partial charge on any atom is -0.383 e. The second-order valence-corrected chi connectivity index (χ2v) is 10.3. The zero-order valence-electron chi connectivity index (χ0n) is 21.8. The first-order chi connectivity index (χ1) is 17.2. The molecule has 0 aliphatic carbocycles. The number of anilines is 2. The van der Waals surface area contributed by atoms with Gasteiger partial charge in [-0.05, 0) is 43.0 Å². The fourth-order valence-corrected chi connectivity index (χ4v) is 4.92. The van der Waals surface area contributed by atoms with Crippen LogP contribution in [0.5, 0.6) is 0 Å². The molecule has 3 aromatic rings. The highest BCUT2D eigenvalue weighted by atomic mass is 19.1. The zero-order chi connectivity index (χ0) is 26.0. The second-order valence-electron chi connectivity index (χ2n) is 10.3. The van der Waals surface area contributed by atoms with Crippen LogP contribution in [-0.4, -0.2) is 51.4 Å². The SMILES string of the molecule is Cc1cc(-c2cn(CCNC(C)C)c(C3CCN(c4ncnc(N)c4C(C)C)CC3F)n2)ccc1F. The average molecular weight is 498 g/mol. The smallest absolute Gasteiger partial charge is 0.137 e. The predicted molar refractivity (Wildman–Crippen MR) is 140 cm³/mol. The summed E-state index contributed by atoms with van der Waals surface area (Å²) < 4.78 is 31.7. The number of nitrogens with two attached hydrogens (primary N) is 1. The van der Waals surface area contributed by atoms with Crippen LogP contribution < -0.4 is 16.0 Å². The first-order valence-corrected chi connectivity index (χ1v) is 12.7. The van der Waals surface area contributed by atoms with E-state index in [-0.39, 0.29) is 24.2 Å². The number of aromatic nitrogens is 4. The zero-order valence-corrected chi connectivity index (χ0v) is 21.8. The molecule has 0 radical (unpaired) electrons. The van der Waals surface area contributed by atoms with E-state index >= 15 is 4.39 Å². The van der Waals surface area contributed by atoms with Crippen molar-refractivity contribution in [2.24, 2.45) is 0 Å². The summed E-state index contributed by atoms with van der Waals surface area (Å²) in [7, 11) is 0. The molecule has 4 rings (SSSR count). The maximum atomic E-state index is 15.8. The lowest BCUT2D eigenvalue weighted by molar-refractivity contribution is 0.238. The van der Waals surface area contributed by atoms with Crippen LogP contribution in [0.15, 0.2) is 30.7 Å². The monoisotopic (exact) mass is 497 g/mol. The van der Waals surface area contributed by atoms with Crippen molar-refractivity contribution in [3.8, 4) is 11.3 Å². The third-order valence-electron chi connectivity index (χ3n) is 6.81. The summed E-state index contributed by atoms with van der Waals surface area (Å²) in [4.78, 5) is 15.5. The van der Waals surface area contributed by atoms with Crippen LogP contribution in [0.25, 0.3) is 11.3 Å². The van der Waals surface area contributed by atoms with E-state index in [9.17, 15) is 4.39 Å². The van der Waals surface area contributed by atoms with Crippen LogP contribution in [0.4, 0.5) is 20.4 Å². The summed E-state index contributed by atoms with van der Waals surface area (Å²) in [5, 5.41) is 3.43. The van der Waals surface area contributed by atoms with Crippen molar-refractivity contribution in [1.82, 2.24) is 24.8 Å². The number of piperidine rings is 1. The Morgan fingerprint density at radius 3 is 2.64 bits per heavy atom. The van der Waals surface area contributed by atoms with Crippen molar-refractivity contribution < 1.29 is 8.78 Å². The summed E-state index contributed by atoms with van der Waals surface area (Å²) in [5.74, 6) is 1.42. The maximum absolute atomic E-state index is 15.8. The normalized spacial score (nSPS) is 18.4. The van der Waals surface area contributed by atoms with Crippen LogP contribution in [0.3, 0.4) is 0 Å². The van der Waals surface area contributed by atoms with E-state index in [2.05, 4.69) is 33.7 Å². The van der Waals surface area contributed by atoms with E-state index < -0.39 is 6.17 Å².